The molecule has 1 aliphatic rings. The molecule has 1 unspecified atom stereocenters. The molecule has 0 saturated heterocycles. The van der Waals surface area contributed by atoms with Crippen molar-refractivity contribution in [1.82, 2.24) is 20.4 Å². The summed E-state index contributed by atoms with van der Waals surface area (Å²) in [5.41, 5.74) is 6.74. The van der Waals surface area contributed by atoms with Crippen LogP contribution >= 0.6 is 0 Å². The predicted octanol–water partition coefficient (Wildman–Crippen LogP) is 6.31. The number of rotatable bonds is 7. The van der Waals surface area contributed by atoms with Gasteiger partial charge in [-0.15, -0.1) is 0 Å². The average Bonchev–Trinajstić information content (AvgIpc) is 3.41. The van der Waals surface area contributed by atoms with Crippen LogP contribution in [0.25, 0.3) is 17.0 Å². The van der Waals surface area contributed by atoms with Crippen molar-refractivity contribution in [1.29, 1.82) is 0 Å². The van der Waals surface area contributed by atoms with Gasteiger partial charge >= 0.3 is 6.03 Å². The highest BCUT2D eigenvalue weighted by molar-refractivity contribution is 5.86. The molecular weight excluding hydrogens is 464 g/mol. The Balaban J connectivity index is 1.55. The Morgan fingerprint density at radius 1 is 0.946 bits per heavy atom. The van der Waals surface area contributed by atoms with Gasteiger partial charge in [0, 0.05) is 11.3 Å². The van der Waals surface area contributed by atoms with Crippen molar-refractivity contribution >= 4 is 11.6 Å². The van der Waals surface area contributed by atoms with Gasteiger partial charge < -0.3 is 14.6 Å². The minimum atomic E-state index is -0.420. The van der Waals surface area contributed by atoms with Crippen molar-refractivity contribution in [3.8, 4) is 17.1 Å². The molecule has 0 fully saturated rings. The zero-order valence-corrected chi connectivity index (χ0v) is 21.5. The number of urea groups is 1. The summed E-state index contributed by atoms with van der Waals surface area (Å²) in [7, 11) is 1.63. The molecule has 0 saturated carbocycles. The van der Waals surface area contributed by atoms with Crippen molar-refractivity contribution < 1.29 is 14.1 Å². The van der Waals surface area contributed by atoms with Crippen LogP contribution in [0.2, 0.25) is 0 Å². The molecule has 0 bridgehead atoms. The molecule has 0 radical (unpaired) electrons. The van der Waals surface area contributed by atoms with E-state index < -0.39 is 6.04 Å². The molecule has 7 heteroatoms. The highest BCUT2D eigenvalue weighted by Gasteiger charge is 2.35. The summed E-state index contributed by atoms with van der Waals surface area (Å²) in [5.74, 6) is 1.67. The van der Waals surface area contributed by atoms with E-state index in [2.05, 4.69) is 29.5 Å². The average molecular weight is 495 g/mol. The molecule has 3 aromatic carbocycles. The first-order valence-electron chi connectivity index (χ1n) is 12.4. The summed E-state index contributed by atoms with van der Waals surface area (Å²) in [6, 6.07) is 23.3. The molecule has 1 atom stereocenters. The number of carbonyl (C=O) groups excluding carboxylic acids is 1. The monoisotopic (exact) mass is 494 g/mol. The van der Waals surface area contributed by atoms with Crippen molar-refractivity contribution in [2.45, 2.75) is 39.8 Å². The number of nitrogens with zero attached hydrogens (tertiary/aromatic N) is 3. The van der Waals surface area contributed by atoms with Crippen molar-refractivity contribution in [3.63, 3.8) is 0 Å². The number of aromatic nitrogens is 2. The van der Waals surface area contributed by atoms with Gasteiger partial charge in [-0.1, -0.05) is 78.3 Å². The number of ether oxygens (including phenoxy) is 1. The fraction of sp³-hybridized carbons (Fsp3) is 0.233. The fourth-order valence-corrected chi connectivity index (χ4v) is 4.51. The van der Waals surface area contributed by atoms with Crippen LogP contribution in [0.1, 0.15) is 48.0 Å². The van der Waals surface area contributed by atoms with E-state index in [0.717, 1.165) is 45.7 Å². The third kappa shape index (κ3) is 4.98. The fourth-order valence-electron chi connectivity index (χ4n) is 4.51. The van der Waals surface area contributed by atoms with Gasteiger partial charge in [-0.05, 0) is 49.1 Å². The van der Waals surface area contributed by atoms with Crippen LogP contribution in [0, 0.1) is 6.92 Å². The Hall–Kier alpha value is -4.39. The van der Waals surface area contributed by atoms with E-state index in [-0.39, 0.29) is 6.03 Å². The molecule has 37 heavy (non-hydrogen) atoms. The summed E-state index contributed by atoms with van der Waals surface area (Å²) >= 11 is 0. The number of carbonyl (C=O) groups is 1. The lowest BCUT2D eigenvalue weighted by Gasteiger charge is -2.35. The number of methoxy groups -OCH3 is 1. The van der Waals surface area contributed by atoms with E-state index in [1.54, 1.807) is 12.0 Å². The third-order valence-corrected chi connectivity index (χ3v) is 6.78. The molecule has 2 amide bonds. The highest BCUT2D eigenvalue weighted by atomic mass is 16.5. The van der Waals surface area contributed by atoms with Gasteiger partial charge in [-0.2, -0.15) is 4.98 Å². The number of benzene rings is 3. The van der Waals surface area contributed by atoms with Crippen LogP contribution in [0.15, 0.2) is 83.0 Å². The SMILES string of the molecule is CCc1ccc(-c2noc(C3=C(C)N(Cc4ccc(OC)cc4)C(=O)NC3c3ccc(C)cc3)n2)cc1. The molecule has 4 aromatic rings. The Labute approximate surface area is 216 Å². The molecule has 5 rings (SSSR count). The molecular formula is C30H30N4O3. The van der Waals surface area contributed by atoms with E-state index in [1.165, 1.54) is 5.56 Å². The molecule has 0 aliphatic carbocycles. The van der Waals surface area contributed by atoms with Crippen LogP contribution in [0.5, 0.6) is 5.75 Å². The quantitative estimate of drug-likeness (QED) is 0.325. The molecule has 2 heterocycles. The number of hydrogen-bond acceptors (Lipinski definition) is 5. The number of aryl methyl sites for hydroxylation is 2. The molecule has 7 nitrogen and oxygen atoms in total. The van der Waals surface area contributed by atoms with Crippen molar-refractivity contribution in [3.05, 3.63) is 107 Å². The second-order valence-corrected chi connectivity index (χ2v) is 9.20. The van der Waals surface area contributed by atoms with E-state index in [0.29, 0.717) is 18.3 Å². The summed E-state index contributed by atoms with van der Waals surface area (Å²) in [5, 5.41) is 7.44. The standard InChI is InChI=1S/C30H30N4O3/c1-5-21-8-14-24(15-9-21)28-32-29(37-33-28)26-20(3)34(18-22-10-16-25(36-4)17-11-22)30(35)31-27(26)23-12-6-19(2)7-13-23/h6-17,27H,5,18H2,1-4H3,(H,31,35). The molecule has 1 N–H and O–H groups in total. The second-order valence-electron chi connectivity index (χ2n) is 9.20. The van der Waals surface area contributed by atoms with Gasteiger partial charge in [0.25, 0.3) is 5.89 Å². The molecule has 0 spiro atoms. The van der Waals surface area contributed by atoms with Gasteiger partial charge in [0.15, 0.2) is 0 Å². The van der Waals surface area contributed by atoms with Crippen LogP contribution < -0.4 is 10.1 Å². The molecule has 188 valence electrons. The van der Waals surface area contributed by atoms with Gasteiger partial charge in [0.1, 0.15) is 5.75 Å². The predicted molar refractivity (Wildman–Crippen MR) is 143 cm³/mol. The zero-order valence-electron chi connectivity index (χ0n) is 21.5. The summed E-state index contributed by atoms with van der Waals surface area (Å²) in [4.78, 5) is 19.8. The number of nitrogens with one attached hydrogen (secondary N) is 1. The topological polar surface area (TPSA) is 80.5 Å². The Morgan fingerprint density at radius 3 is 2.27 bits per heavy atom. The second kappa shape index (κ2) is 10.3. The van der Waals surface area contributed by atoms with Crippen LogP contribution in [0.3, 0.4) is 0 Å². The number of hydrogen-bond donors (Lipinski definition) is 1. The summed E-state index contributed by atoms with van der Waals surface area (Å²) < 4.78 is 11.1. The number of allylic oxidation sites excluding steroid dienone is 1. The van der Waals surface area contributed by atoms with Gasteiger partial charge in [-0.3, -0.25) is 4.90 Å². The van der Waals surface area contributed by atoms with Gasteiger partial charge in [0.2, 0.25) is 5.82 Å². The van der Waals surface area contributed by atoms with E-state index >= 15 is 0 Å². The van der Waals surface area contributed by atoms with Crippen LogP contribution in [-0.2, 0) is 13.0 Å². The van der Waals surface area contributed by atoms with Crippen molar-refractivity contribution in [2.24, 2.45) is 0 Å². The smallest absolute Gasteiger partial charge is 0.322 e. The Kier molecular flexibility index (Phi) is 6.77. The zero-order chi connectivity index (χ0) is 25.9. The van der Waals surface area contributed by atoms with Gasteiger partial charge in [-0.25, -0.2) is 4.79 Å². The maximum atomic E-state index is 13.3. The van der Waals surface area contributed by atoms with Crippen LogP contribution in [-0.4, -0.2) is 28.2 Å². The van der Waals surface area contributed by atoms with Crippen LogP contribution in [0.4, 0.5) is 4.79 Å². The highest BCUT2D eigenvalue weighted by Crippen LogP contribution is 2.38. The number of amides is 2. The Morgan fingerprint density at radius 2 is 1.62 bits per heavy atom. The maximum Gasteiger partial charge on any atom is 0.322 e. The minimum absolute atomic E-state index is 0.183. The largest absolute Gasteiger partial charge is 0.497 e. The minimum Gasteiger partial charge on any atom is -0.497 e. The summed E-state index contributed by atoms with van der Waals surface area (Å²) in [6.07, 6.45) is 0.964. The first-order valence-corrected chi connectivity index (χ1v) is 12.4. The first kappa shape index (κ1) is 24.3. The van der Waals surface area contributed by atoms with E-state index in [9.17, 15) is 4.79 Å². The lowest BCUT2D eigenvalue weighted by atomic mass is 9.94. The lowest BCUT2D eigenvalue weighted by Crippen LogP contribution is -2.45. The normalized spacial score (nSPS) is 15.6. The van der Waals surface area contributed by atoms with Gasteiger partial charge in [0.05, 0.1) is 25.3 Å². The van der Waals surface area contributed by atoms with Crippen molar-refractivity contribution in [2.75, 3.05) is 7.11 Å². The van der Waals surface area contributed by atoms with E-state index in [4.69, 9.17) is 14.2 Å². The van der Waals surface area contributed by atoms with E-state index in [1.807, 2.05) is 74.5 Å². The maximum absolute atomic E-state index is 13.3. The lowest BCUT2D eigenvalue weighted by molar-refractivity contribution is 0.203. The summed E-state index contributed by atoms with van der Waals surface area (Å²) in [6.45, 7) is 6.48. The third-order valence-electron chi connectivity index (χ3n) is 6.78. The molecule has 1 aromatic heterocycles. The Bertz CT molecular complexity index is 1420. The first-order chi connectivity index (χ1) is 18.0. The molecule has 1 aliphatic heterocycles.